The van der Waals surface area contributed by atoms with E-state index >= 15 is 0 Å². The van der Waals surface area contributed by atoms with Crippen LogP contribution in [0, 0.1) is 0 Å². The highest BCUT2D eigenvalue weighted by Crippen LogP contribution is 2.09. The average molecular weight is 226 g/mol. The summed E-state index contributed by atoms with van der Waals surface area (Å²) < 4.78 is 7.03. The molecule has 1 aromatic rings. The molecule has 0 unspecified atom stereocenters. The van der Waals surface area contributed by atoms with Gasteiger partial charge in [0.1, 0.15) is 0 Å². The summed E-state index contributed by atoms with van der Waals surface area (Å²) in [5.41, 5.74) is 7.86. The summed E-state index contributed by atoms with van der Waals surface area (Å²) in [5.74, 6) is 0. The van der Waals surface area contributed by atoms with Crippen LogP contribution in [0.15, 0.2) is 0 Å². The highest BCUT2D eigenvalue weighted by atomic mass is 16.5. The summed E-state index contributed by atoms with van der Waals surface area (Å²) in [5, 5.41) is 8.38. The number of aromatic nitrogens is 3. The molecular formula is C11H22N4O. The predicted molar refractivity (Wildman–Crippen MR) is 63.3 cm³/mol. The third-order valence-electron chi connectivity index (χ3n) is 2.50. The summed E-state index contributed by atoms with van der Waals surface area (Å²) >= 11 is 0. The molecule has 5 heteroatoms. The highest BCUT2D eigenvalue weighted by Gasteiger charge is 2.10. The van der Waals surface area contributed by atoms with Crippen molar-refractivity contribution in [1.29, 1.82) is 0 Å². The highest BCUT2D eigenvalue weighted by molar-refractivity contribution is 5.10. The maximum Gasteiger partial charge on any atom is 0.0871 e. The molecule has 5 nitrogen and oxygen atoms in total. The molecule has 0 aliphatic carbocycles. The van der Waals surface area contributed by atoms with Crippen LogP contribution >= 0.6 is 0 Å². The standard InChI is InChI=1S/C11H22N4O/c1-3-5-11-10(6-7-12)13-14-15(11)8-4-9-16-2/h3-9,12H2,1-2H3. The van der Waals surface area contributed by atoms with Gasteiger partial charge in [0.25, 0.3) is 0 Å². The summed E-state index contributed by atoms with van der Waals surface area (Å²) in [6, 6.07) is 0. The number of nitrogens with zero attached hydrogens (tertiary/aromatic N) is 3. The van der Waals surface area contributed by atoms with Crippen LogP contribution in [0.5, 0.6) is 0 Å². The number of hydrogen-bond acceptors (Lipinski definition) is 4. The second-order valence-corrected chi connectivity index (χ2v) is 3.84. The first-order valence-corrected chi connectivity index (χ1v) is 5.93. The molecule has 1 rings (SSSR count). The normalized spacial score (nSPS) is 10.9. The Morgan fingerprint density at radius 3 is 2.81 bits per heavy atom. The molecule has 0 saturated carbocycles. The van der Waals surface area contributed by atoms with Gasteiger partial charge in [-0.05, 0) is 19.4 Å². The average Bonchev–Trinajstić information content (AvgIpc) is 2.64. The Kier molecular flexibility index (Phi) is 6.03. The minimum atomic E-state index is 0.632. The van der Waals surface area contributed by atoms with Gasteiger partial charge in [0.2, 0.25) is 0 Å². The number of rotatable bonds is 8. The molecule has 0 atom stereocenters. The summed E-state index contributed by atoms with van der Waals surface area (Å²) in [7, 11) is 1.72. The van der Waals surface area contributed by atoms with Gasteiger partial charge in [-0.15, -0.1) is 5.10 Å². The van der Waals surface area contributed by atoms with E-state index in [4.69, 9.17) is 10.5 Å². The van der Waals surface area contributed by atoms with Crippen LogP contribution in [0.4, 0.5) is 0 Å². The second kappa shape index (κ2) is 7.35. The predicted octanol–water partition coefficient (Wildman–Crippen LogP) is 0.768. The van der Waals surface area contributed by atoms with Crippen molar-refractivity contribution in [1.82, 2.24) is 15.0 Å². The van der Waals surface area contributed by atoms with Crippen LogP contribution in [-0.4, -0.2) is 35.3 Å². The minimum absolute atomic E-state index is 0.632. The number of aryl methyl sites for hydroxylation is 1. The van der Waals surface area contributed by atoms with E-state index < -0.39 is 0 Å². The fourth-order valence-electron chi connectivity index (χ4n) is 1.75. The van der Waals surface area contributed by atoms with Crippen LogP contribution in [0.3, 0.4) is 0 Å². The van der Waals surface area contributed by atoms with Crippen molar-refractivity contribution >= 4 is 0 Å². The molecule has 0 spiro atoms. The Morgan fingerprint density at radius 2 is 2.19 bits per heavy atom. The maximum atomic E-state index is 5.56. The van der Waals surface area contributed by atoms with E-state index in [1.165, 1.54) is 5.69 Å². The Balaban J connectivity index is 2.66. The molecule has 0 amide bonds. The van der Waals surface area contributed by atoms with Crippen molar-refractivity contribution < 1.29 is 4.74 Å². The van der Waals surface area contributed by atoms with Crippen molar-refractivity contribution in [2.75, 3.05) is 20.3 Å². The van der Waals surface area contributed by atoms with Crippen LogP contribution in [0.1, 0.15) is 31.2 Å². The first kappa shape index (κ1) is 13.1. The first-order chi connectivity index (χ1) is 7.83. The largest absolute Gasteiger partial charge is 0.385 e. The molecule has 0 aliphatic heterocycles. The maximum absolute atomic E-state index is 5.56. The van der Waals surface area contributed by atoms with E-state index in [1.807, 2.05) is 4.68 Å². The van der Waals surface area contributed by atoms with E-state index in [0.29, 0.717) is 6.54 Å². The van der Waals surface area contributed by atoms with E-state index in [9.17, 15) is 0 Å². The Hall–Kier alpha value is -0.940. The van der Waals surface area contributed by atoms with Gasteiger partial charge in [-0.2, -0.15) is 0 Å². The number of ether oxygens (including phenoxy) is 1. The lowest BCUT2D eigenvalue weighted by Crippen LogP contribution is -2.10. The number of nitrogens with two attached hydrogens (primary N) is 1. The lowest BCUT2D eigenvalue weighted by molar-refractivity contribution is 0.188. The molecule has 0 saturated heterocycles. The lowest BCUT2D eigenvalue weighted by atomic mass is 10.1. The van der Waals surface area contributed by atoms with Gasteiger partial charge in [-0.3, -0.25) is 0 Å². The first-order valence-electron chi connectivity index (χ1n) is 5.93. The Labute approximate surface area is 97.0 Å². The lowest BCUT2D eigenvalue weighted by Gasteiger charge is -2.06. The smallest absolute Gasteiger partial charge is 0.0871 e. The van der Waals surface area contributed by atoms with Gasteiger partial charge in [0, 0.05) is 26.7 Å². The molecule has 0 bridgehead atoms. The molecule has 92 valence electrons. The fraction of sp³-hybridized carbons (Fsp3) is 0.818. The van der Waals surface area contributed by atoms with Crippen molar-refractivity contribution in [3.63, 3.8) is 0 Å². The van der Waals surface area contributed by atoms with E-state index in [0.717, 1.165) is 44.5 Å². The molecule has 16 heavy (non-hydrogen) atoms. The Morgan fingerprint density at radius 1 is 1.38 bits per heavy atom. The summed E-state index contributed by atoms with van der Waals surface area (Å²) in [4.78, 5) is 0. The quantitative estimate of drug-likeness (QED) is 0.665. The third-order valence-corrected chi connectivity index (χ3v) is 2.50. The molecule has 0 aliphatic rings. The monoisotopic (exact) mass is 226 g/mol. The van der Waals surface area contributed by atoms with Crippen LogP contribution in [0.2, 0.25) is 0 Å². The van der Waals surface area contributed by atoms with Gasteiger partial charge in [-0.1, -0.05) is 18.6 Å². The minimum Gasteiger partial charge on any atom is -0.385 e. The molecule has 0 aromatic carbocycles. The molecule has 0 fully saturated rings. The Bertz CT molecular complexity index is 298. The molecule has 1 heterocycles. The van der Waals surface area contributed by atoms with Gasteiger partial charge in [-0.25, -0.2) is 4.68 Å². The van der Waals surface area contributed by atoms with Gasteiger partial charge in [0.15, 0.2) is 0 Å². The number of methoxy groups -OCH3 is 1. The van der Waals surface area contributed by atoms with Crippen molar-refractivity contribution in [2.24, 2.45) is 5.73 Å². The van der Waals surface area contributed by atoms with Gasteiger partial charge in [0.05, 0.1) is 11.4 Å². The molecule has 2 N–H and O–H groups in total. The SMILES string of the molecule is CCCc1c(CCN)nnn1CCCOC. The zero-order chi connectivity index (χ0) is 11.8. The summed E-state index contributed by atoms with van der Waals surface area (Å²) in [6.07, 6.45) is 3.92. The van der Waals surface area contributed by atoms with E-state index in [-0.39, 0.29) is 0 Å². The van der Waals surface area contributed by atoms with Gasteiger partial charge >= 0.3 is 0 Å². The molecule has 1 aromatic heterocycles. The summed E-state index contributed by atoms with van der Waals surface area (Å²) in [6.45, 7) is 4.44. The second-order valence-electron chi connectivity index (χ2n) is 3.84. The van der Waals surface area contributed by atoms with Gasteiger partial charge < -0.3 is 10.5 Å². The topological polar surface area (TPSA) is 66.0 Å². The zero-order valence-corrected chi connectivity index (χ0v) is 10.3. The fourth-order valence-corrected chi connectivity index (χ4v) is 1.75. The third kappa shape index (κ3) is 3.57. The molecule has 0 radical (unpaired) electrons. The van der Waals surface area contributed by atoms with Crippen molar-refractivity contribution in [3.05, 3.63) is 11.4 Å². The van der Waals surface area contributed by atoms with Crippen molar-refractivity contribution in [2.45, 2.75) is 39.2 Å². The van der Waals surface area contributed by atoms with E-state index in [2.05, 4.69) is 17.2 Å². The zero-order valence-electron chi connectivity index (χ0n) is 10.3. The van der Waals surface area contributed by atoms with Crippen LogP contribution < -0.4 is 5.73 Å². The van der Waals surface area contributed by atoms with Crippen LogP contribution in [-0.2, 0) is 24.1 Å². The van der Waals surface area contributed by atoms with E-state index in [1.54, 1.807) is 7.11 Å². The number of hydrogen-bond donors (Lipinski definition) is 1. The van der Waals surface area contributed by atoms with Crippen LogP contribution in [0.25, 0.3) is 0 Å². The molecular weight excluding hydrogens is 204 g/mol. The van der Waals surface area contributed by atoms with Crippen molar-refractivity contribution in [3.8, 4) is 0 Å².